The Hall–Kier alpha value is -2.14. The first-order valence-electron chi connectivity index (χ1n) is 7.68. The topological polar surface area (TPSA) is 67.2 Å². The minimum Gasteiger partial charge on any atom is -0.463 e. The standard InChI is InChI=1S/C17H21N3O2/c1-11-7-8-18-10-15(11)20-17(21)13-5-6-14(19-12(13)2)16-4-3-9-22-16/h3-6,9,11,15,18H,7-8,10H2,1-2H3,(H,20,21). The molecule has 2 aromatic heterocycles. The van der Waals surface area contributed by atoms with Gasteiger partial charge in [0.25, 0.3) is 5.91 Å². The monoisotopic (exact) mass is 299 g/mol. The van der Waals surface area contributed by atoms with Gasteiger partial charge in [-0.2, -0.15) is 0 Å². The molecule has 1 amide bonds. The highest BCUT2D eigenvalue weighted by atomic mass is 16.3. The van der Waals surface area contributed by atoms with E-state index in [0.29, 0.717) is 22.9 Å². The van der Waals surface area contributed by atoms with Crippen LogP contribution >= 0.6 is 0 Å². The molecule has 2 unspecified atom stereocenters. The second-order valence-corrected chi connectivity index (χ2v) is 5.86. The zero-order chi connectivity index (χ0) is 15.5. The van der Waals surface area contributed by atoms with Gasteiger partial charge in [0.15, 0.2) is 5.76 Å². The number of piperidine rings is 1. The molecule has 3 rings (SSSR count). The van der Waals surface area contributed by atoms with Gasteiger partial charge in [0.05, 0.1) is 17.5 Å². The number of pyridine rings is 1. The van der Waals surface area contributed by atoms with Crippen LogP contribution in [0.5, 0.6) is 0 Å². The second kappa shape index (κ2) is 6.32. The smallest absolute Gasteiger partial charge is 0.253 e. The van der Waals surface area contributed by atoms with Crippen molar-refractivity contribution < 1.29 is 9.21 Å². The molecular formula is C17H21N3O2. The summed E-state index contributed by atoms with van der Waals surface area (Å²) in [7, 11) is 0. The van der Waals surface area contributed by atoms with Gasteiger partial charge in [-0.05, 0) is 50.1 Å². The molecule has 0 aliphatic carbocycles. The van der Waals surface area contributed by atoms with Crippen molar-refractivity contribution in [1.29, 1.82) is 0 Å². The summed E-state index contributed by atoms with van der Waals surface area (Å²) >= 11 is 0. The van der Waals surface area contributed by atoms with E-state index >= 15 is 0 Å². The minimum absolute atomic E-state index is 0.0588. The highest BCUT2D eigenvalue weighted by Crippen LogP contribution is 2.20. The van der Waals surface area contributed by atoms with Crippen molar-refractivity contribution in [2.45, 2.75) is 26.3 Å². The van der Waals surface area contributed by atoms with E-state index in [2.05, 4.69) is 22.5 Å². The minimum atomic E-state index is -0.0588. The summed E-state index contributed by atoms with van der Waals surface area (Å²) in [5.41, 5.74) is 2.07. The van der Waals surface area contributed by atoms with Crippen LogP contribution in [-0.2, 0) is 0 Å². The summed E-state index contributed by atoms with van der Waals surface area (Å²) in [6.45, 7) is 5.87. The number of hydrogen-bond donors (Lipinski definition) is 2. The summed E-state index contributed by atoms with van der Waals surface area (Å²) in [5, 5.41) is 6.44. The maximum absolute atomic E-state index is 12.5. The third-order valence-corrected chi connectivity index (χ3v) is 4.25. The van der Waals surface area contributed by atoms with Gasteiger partial charge in [0.1, 0.15) is 5.69 Å². The molecule has 1 fully saturated rings. The largest absolute Gasteiger partial charge is 0.463 e. The van der Waals surface area contributed by atoms with Crippen LogP contribution in [0.2, 0.25) is 0 Å². The maximum atomic E-state index is 12.5. The van der Waals surface area contributed by atoms with Crippen LogP contribution in [0.1, 0.15) is 29.4 Å². The molecule has 3 heterocycles. The normalized spacial score (nSPS) is 21.5. The lowest BCUT2D eigenvalue weighted by Gasteiger charge is -2.30. The van der Waals surface area contributed by atoms with Crippen LogP contribution in [0, 0.1) is 12.8 Å². The summed E-state index contributed by atoms with van der Waals surface area (Å²) in [6.07, 6.45) is 2.70. The first kappa shape index (κ1) is 14.8. The Morgan fingerprint density at radius 3 is 2.95 bits per heavy atom. The van der Waals surface area contributed by atoms with Crippen molar-refractivity contribution in [2.24, 2.45) is 5.92 Å². The highest BCUT2D eigenvalue weighted by molar-refractivity contribution is 5.95. The molecule has 5 heteroatoms. The van der Waals surface area contributed by atoms with E-state index in [4.69, 9.17) is 4.42 Å². The molecule has 5 nitrogen and oxygen atoms in total. The SMILES string of the molecule is Cc1nc(-c2ccco2)ccc1C(=O)NC1CNCCC1C. The third-order valence-electron chi connectivity index (χ3n) is 4.25. The van der Waals surface area contributed by atoms with E-state index in [1.165, 1.54) is 0 Å². The van der Waals surface area contributed by atoms with Gasteiger partial charge < -0.3 is 15.1 Å². The molecule has 0 saturated carbocycles. The molecule has 116 valence electrons. The summed E-state index contributed by atoms with van der Waals surface area (Å²) in [5.74, 6) is 1.14. The molecule has 2 N–H and O–H groups in total. The predicted molar refractivity (Wildman–Crippen MR) is 84.6 cm³/mol. The lowest BCUT2D eigenvalue weighted by molar-refractivity contribution is 0.0914. The number of amides is 1. The highest BCUT2D eigenvalue weighted by Gasteiger charge is 2.23. The lowest BCUT2D eigenvalue weighted by atomic mass is 9.94. The Kier molecular flexibility index (Phi) is 4.24. The van der Waals surface area contributed by atoms with Crippen molar-refractivity contribution >= 4 is 5.91 Å². The molecule has 1 aliphatic rings. The average Bonchev–Trinajstić information content (AvgIpc) is 3.03. The van der Waals surface area contributed by atoms with Crippen molar-refractivity contribution in [3.63, 3.8) is 0 Å². The molecule has 2 aromatic rings. The fraction of sp³-hybridized carbons (Fsp3) is 0.412. The molecule has 0 spiro atoms. The second-order valence-electron chi connectivity index (χ2n) is 5.86. The quantitative estimate of drug-likeness (QED) is 0.913. The number of aromatic nitrogens is 1. The predicted octanol–water partition coefficient (Wildman–Crippen LogP) is 2.38. The van der Waals surface area contributed by atoms with E-state index in [1.54, 1.807) is 6.26 Å². The Morgan fingerprint density at radius 1 is 1.41 bits per heavy atom. The van der Waals surface area contributed by atoms with Crippen LogP contribution in [0.3, 0.4) is 0 Å². The van der Waals surface area contributed by atoms with Crippen molar-refractivity contribution in [2.75, 3.05) is 13.1 Å². The van der Waals surface area contributed by atoms with E-state index in [-0.39, 0.29) is 11.9 Å². The number of rotatable bonds is 3. The number of hydrogen-bond acceptors (Lipinski definition) is 4. The van der Waals surface area contributed by atoms with Gasteiger partial charge >= 0.3 is 0 Å². The third kappa shape index (κ3) is 3.04. The Morgan fingerprint density at radius 2 is 2.27 bits per heavy atom. The van der Waals surface area contributed by atoms with E-state index < -0.39 is 0 Å². The van der Waals surface area contributed by atoms with Crippen LogP contribution < -0.4 is 10.6 Å². The van der Waals surface area contributed by atoms with Crippen molar-refractivity contribution in [3.05, 3.63) is 41.8 Å². The van der Waals surface area contributed by atoms with Gasteiger partial charge in [-0.1, -0.05) is 6.92 Å². The number of nitrogens with zero attached hydrogens (tertiary/aromatic N) is 1. The van der Waals surface area contributed by atoms with Gasteiger partial charge in [0, 0.05) is 12.6 Å². The Balaban J connectivity index is 1.75. The first-order valence-corrected chi connectivity index (χ1v) is 7.68. The van der Waals surface area contributed by atoms with E-state index in [0.717, 1.165) is 25.2 Å². The lowest BCUT2D eigenvalue weighted by Crippen LogP contribution is -2.50. The number of aryl methyl sites for hydroxylation is 1. The average molecular weight is 299 g/mol. The summed E-state index contributed by atoms with van der Waals surface area (Å²) in [6, 6.07) is 7.49. The fourth-order valence-electron chi connectivity index (χ4n) is 2.79. The molecule has 0 radical (unpaired) electrons. The number of carbonyl (C=O) groups is 1. The Labute approximate surface area is 130 Å². The molecule has 22 heavy (non-hydrogen) atoms. The fourth-order valence-corrected chi connectivity index (χ4v) is 2.79. The van der Waals surface area contributed by atoms with Crippen LogP contribution in [0.25, 0.3) is 11.5 Å². The van der Waals surface area contributed by atoms with Crippen LogP contribution in [-0.4, -0.2) is 30.0 Å². The van der Waals surface area contributed by atoms with Gasteiger partial charge in [-0.25, -0.2) is 4.98 Å². The van der Waals surface area contributed by atoms with Crippen molar-refractivity contribution in [3.8, 4) is 11.5 Å². The number of furan rings is 1. The molecule has 1 aliphatic heterocycles. The van der Waals surface area contributed by atoms with E-state index in [9.17, 15) is 4.79 Å². The van der Waals surface area contributed by atoms with Gasteiger partial charge in [-0.15, -0.1) is 0 Å². The van der Waals surface area contributed by atoms with Crippen LogP contribution in [0.15, 0.2) is 34.9 Å². The summed E-state index contributed by atoms with van der Waals surface area (Å²) < 4.78 is 5.34. The van der Waals surface area contributed by atoms with Crippen molar-refractivity contribution in [1.82, 2.24) is 15.6 Å². The maximum Gasteiger partial charge on any atom is 0.253 e. The zero-order valence-electron chi connectivity index (χ0n) is 12.9. The molecule has 0 bridgehead atoms. The summed E-state index contributed by atoms with van der Waals surface area (Å²) in [4.78, 5) is 17.0. The van der Waals surface area contributed by atoms with Crippen LogP contribution in [0.4, 0.5) is 0 Å². The number of carbonyl (C=O) groups excluding carboxylic acids is 1. The molecule has 0 aromatic carbocycles. The van der Waals surface area contributed by atoms with Gasteiger partial charge in [-0.3, -0.25) is 4.79 Å². The Bertz CT molecular complexity index is 652. The van der Waals surface area contributed by atoms with E-state index in [1.807, 2.05) is 31.2 Å². The molecular weight excluding hydrogens is 278 g/mol. The molecule has 2 atom stereocenters. The molecule has 1 saturated heterocycles. The first-order chi connectivity index (χ1) is 10.6. The number of nitrogens with one attached hydrogen (secondary N) is 2. The van der Waals surface area contributed by atoms with Gasteiger partial charge in [0.2, 0.25) is 0 Å². The zero-order valence-corrected chi connectivity index (χ0v) is 12.9.